The van der Waals surface area contributed by atoms with Gasteiger partial charge in [-0.25, -0.2) is 4.39 Å². The third-order valence-electron chi connectivity index (χ3n) is 3.73. The van der Waals surface area contributed by atoms with Crippen LogP contribution < -0.4 is 0 Å². The monoisotopic (exact) mass is 299 g/mol. The fourth-order valence-electron chi connectivity index (χ4n) is 2.26. The van der Waals surface area contributed by atoms with Gasteiger partial charge >= 0.3 is 0 Å². The lowest BCUT2D eigenvalue weighted by Crippen LogP contribution is -2.36. The Balaban J connectivity index is 4.90. The van der Waals surface area contributed by atoms with Gasteiger partial charge in [0, 0.05) is 6.42 Å². The van der Waals surface area contributed by atoms with Gasteiger partial charge in [0.1, 0.15) is 6.23 Å². The first-order valence-corrected chi connectivity index (χ1v) is 7.58. The molecule has 4 unspecified atom stereocenters. The van der Waals surface area contributed by atoms with Gasteiger partial charge in [-0.3, -0.25) is 4.99 Å². The van der Waals surface area contributed by atoms with E-state index in [0.29, 0.717) is 12.0 Å². The van der Waals surface area contributed by atoms with Crippen molar-refractivity contribution in [2.75, 3.05) is 0 Å². The lowest BCUT2D eigenvalue weighted by atomic mass is 9.92. The fraction of sp³-hybridized carbons (Fsp3) is 0.706. The lowest BCUT2D eigenvalue weighted by Gasteiger charge is -2.33. The molecule has 0 rings (SSSR count). The first kappa shape index (κ1) is 20.0. The number of unbranched alkanes of at least 4 members (excludes halogenated alkanes) is 1. The maximum atomic E-state index is 14.8. The number of rotatable bonds is 12. The normalized spacial score (nSPS) is 18.3. The van der Waals surface area contributed by atoms with Crippen LogP contribution in [0, 0.1) is 5.92 Å². The summed E-state index contributed by atoms with van der Waals surface area (Å²) in [5.41, 5.74) is 0.325. The van der Waals surface area contributed by atoms with Crippen molar-refractivity contribution in [3.05, 3.63) is 24.8 Å². The van der Waals surface area contributed by atoms with Gasteiger partial charge in [-0.15, -0.1) is 6.58 Å². The second-order valence-electron chi connectivity index (χ2n) is 5.63. The van der Waals surface area contributed by atoms with Crippen LogP contribution >= 0.6 is 0 Å². The molecule has 0 aromatic rings. The van der Waals surface area contributed by atoms with Gasteiger partial charge in [0.05, 0.1) is 6.10 Å². The molecule has 1 N–H and O–H groups in total. The van der Waals surface area contributed by atoms with E-state index in [2.05, 4.69) is 31.8 Å². The summed E-state index contributed by atoms with van der Waals surface area (Å²) in [6.07, 6.45) is 3.67. The van der Waals surface area contributed by atoms with E-state index in [1.807, 2.05) is 6.92 Å². The summed E-state index contributed by atoms with van der Waals surface area (Å²) in [6, 6.07) is 0. The van der Waals surface area contributed by atoms with Gasteiger partial charge in [0.2, 0.25) is 5.85 Å². The number of hydrogen-bond donors (Lipinski definition) is 1. The highest BCUT2D eigenvalue weighted by atomic mass is 19.2. The molecule has 4 heteroatoms. The SMILES string of the molecule is C=CCC(F)(OC(C)C(CCCC)CC(O)N=C)C(=C)C. The molecular weight excluding hydrogens is 269 g/mol. The molecule has 0 aliphatic heterocycles. The number of aliphatic hydroxyl groups excluding tert-OH is 1. The molecule has 0 heterocycles. The van der Waals surface area contributed by atoms with Crippen LogP contribution in [0.15, 0.2) is 29.8 Å². The van der Waals surface area contributed by atoms with Crippen LogP contribution in [0.2, 0.25) is 0 Å². The molecule has 0 aromatic carbocycles. The van der Waals surface area contributed by atoms with E-state index in [1.54, 1.807) is 6.92 Å². The Morgan fingerprint density at radius 1 is 1.52 bits per heavy atom. The van der Waals surface area contributed by atoms with E-state index in [1.165, 1.54) is 6.08 Å². The van der Waals surface area contributed by atoms with E-state index >= 15 is 0 Å². The summed E-state index contributed by atoms with van der Waals surface area (Å²) >= 11 is 0. The van der Waals surface area contributed by atoms with Crippen LogP contribution in [0.3, 0.4) is 0 Å². The van der Waals surface area contributed by atoms with E-state index < -0.39 is 12.1 Å². The predicted octanol–water partition coefficient (Wildman–Crippen LogP) is 4.43. The summed E-state index contributed by atoms with van der Waals surface area (Å²) in [5, 5.41) is 9.68. The molecule has 0 saturated carbocycles. The predicted molar refractivity (Wildman–Crippen MR) is 87.2 cm³/mol. The van der Waals surface area contributed by atoms with Gasteiger partial charge in [0.15, 0.2) is 0 Å². The van der Waals surface area contributed by atoms with Crippen LogP contribution in [0.5, 0.6) is 0 Å². The van der Waals surface area contributed by atoms with E-state index in [4.69, 9.17) is 4.74 Å². The van der Waals surface area contributed by atoms with Crippen LogP contribution in [0.1, 0.15) is 52.9 Å². The van der Waals surface area contributed by atoms with Gasteiger partial charge < -0.3 is 9.84 Å². The second-order valence-corrected chi connectivity index (χ2v) is 5.63. The minimum absolute atomic E-state index is 0.0183. The maximum Gasteiger partial charge on any atom is 0.234 e. The summed E-state index contributed by atoms with van der Waals surface area (Å²) in [5.74, 6) is -1.89. The molecule has 122 valence electrons. The van der Waals surface area contributed by atoms with E-state index in [-0.39, 0.29) is 18.4 Å². The summed E-state index contributed by atoms with van der Waals surface area (Å²) in [7, 11) is 0. The Morgan fingerprint density at radius 3 is 2.57 bits per heavy atom. The summed E-state index contributed by atoms with van der Waals surface area (Å²) in [4.78, 5) is 3.61. The van der Waals surface area contributed by atoms with Gasteiger partial charge in [-0.1, -0.05) is 32.4 Å². The zero-order valence-electron chi connectivity index (χ0n) is 13.6. The van der Waals surface area contributed by atoms with E-state index in [0.717, 1.165) is 19.3 Å². The van der Waals surface area contributed by atoms with Crippen molar-refractivity contribution < 1.29 is 14.2 Å². The molecule has 0 radical (unpaired) electrons. The molecule has 0 spiro atoms. The van der Waals surface area contributed by atoms with Crippen LogP contribution in [-0.2, 0) is 4.74 Å². The highest BCUT2D eigenvalue weighted by Gasteiger charge is 2.35. The minimum atomic E-state index is -1.90. The van der Waals surface area contributed by atoms with Crippen LogP contribution in [-0.4, -0.2) is 30.0 Å². The maximum absolute atomic E-state index is 14.8. The number of halogens is 1. The smallest absolute Gasteiger partial charge is 0.234 e. The Kier molecular flexibility index (Phi) is 9.38. The van der Waals surface area contributed by atoms with E-state index in [9.17, 15) is 9.50 Å². The first-order chi connectivity index (χ1) is 9.80. The topological polar surface area (TPSA) is 41.8 Å². The Bertz CT molecular complexity index is 346. The Hall–Kier alpha value is -1.00. The zero-order valence-corrected chi connectivity index (χ0v) is 13.6. The molecule has 0 amide bonds. The third kappa shape index (κ3) is 7.00. The Morgan fingerprint density at radius 2 is 2.14 bits per heavy atom. The quantitative estimate of drug-likeness (QED) is 0.428. The number of aliphatic imine (C=N–C) groups is 1. The lowest BCUT2D eigenvalue weighted by molar-refractivity contribution is -0.163. The number of nitrogens with zero attached hydrogens (tertiary/aromatic N) is 1. The summed E-state index contributed by atoms with van der Waals surface area (Å²) < 4.78 is 20.4. The minimum Gasteiger partial charge on any atom is -0.372 e. The second kappa shape index (κ2) is 9.85. The van der Waals surface area contributed by atoms with Crippen molar-refractivity contribution in [2.45, 2.75) is 71.1 Å². The van der Waals surface area contributed by atoms with Crippen molar-refractivity contribution in [3.63, 3.8) is 0 Å². The number of aliphatic hydroxyl groups is 1. The first-order valence-electron chi connectivity index (χ1n) is 7.58. The largest absolute Gasteiger partial charge is 0.372 e. The van der Waals surface area contributed by atoms with Gasteiger partial charge in [-0.2, -0.15) is 0 Å². The molecule has 0 aromatic heterocycles. The molecule has 4 atom stereocenters. The van der Waals surface area contributed by atoms with Crippen molar-refractivity contribution in [1.82, 2.24) is 0 Å². The highest BCUT2D eigenvalue weighted by Crippen LogP contribution is 2.32. The molecule has 0 saturated heterocycles. The van der Waals surface area contributed by atoms with Crippen molar-refractivity contribution in [3.8, 4) is 0 Å². The number of alkyl halides is 1. The van der Waals surface area contributed by atoms with Crippen molar-refractivity contribution in [1.29, 1.82) is 0 Å². The van der Waals surface area contributed by atoms with Crippen molar-refractivity contribution in [2.24, 2.45) is 10.9 Å². The molecular formula is C17H30FNO2. The highest BCUT2D eigenvalue weighted by molar-refractivity contribution is 5.23. The van der Waals surface area contributed by atoms with Crippen LogP contribution in [0.4, 0.5) is 4.39 Å². The molecule has 0 fully saturated rings. The average Bonchev–Trinajstić information content (AvgIpc) is 2.42. The molecule has 3 nitrogen and oxygen atoms in total. The standard InChI is InChI=1S/C17H30FNO2/c1-7-9-10-15(12-16(20)19-6)14(5)21-17(18,11-8-2)13(3)4/h8,14-16,20H,2-3,6-7,9-12H2,1,4-5H3. The number of ether oxygens (including phenoxy) is 1. The van der Waals surface area contributed by atoms with Gasteiger partial charge in [0.25, 0.3) is 0 Å². The third-order valence-corrected chi connectivity index (χ3v) is 3.73. The average molecular weight is 299 g/mol. The molecule has 0 aliphatic carbocycles. The zero-order chi connectivity index (χ0) is 16.5. The Labute approximate surface area is 128 Å². The molecule has 21 heavy (non-hydrogen) atoms. The van der Waals surface area contributed by atoms with Crippen LogP contribution in [0.25, 0.3) is 0 Å². The molecule has 0 aliphatic rings. The number of hydrogen-bond acceptors (Lipinski definition) is 3. The van der Waals surface area contributed by atoms with Gasteiger partial charge in [-0.05, 0) is 44.9 Å². The summed E-state index contributed by atoms with van der Waals surface area (Å²) in [6.45, 7) is 16.1. The molecule has 0 bridgehead atoms. The fourth-order valence-corrected chi connectivity index (χ4v) is 2.26. The van der Waals surface area contributed by atoms with Crippen molar-refractivity contribution >= 4 is 6.72 Å².